The standard InChI is InChI=1S/C27H29ClN2O4S/c1-18-7-11-23(12-8-18)35(32,33)30(26-14-9-21(28)15-19(26)2)17-27(31)29-25-6-4-5-20-16-22(34-3)10-13-24(20)25/h7-16,25H,4-6,17H2,1-3H3,(H,29,31). The summed E-state index contributed by atoms with van der Waals surface area (Å²) in [5.41, 5.74) is 4.21. The van der Waals surface area contributed by atoms with Gasteiger partial charge in [0, 0.05) is 5.02 Å². The minimum Gasteiger partial charge on any atom is -0.497 e. The summed E-state index contributed by atoms with van der Waals surface area (Å²) in [4.78, 5) is 13.4. The second kappa shape index (κ2) is 10.3. The predicted molar refractivity (Wildman–Crippen MR) is 139 cm³/mol. The minimum atomic E-state index is -4.00. The van der Waals surface area contributed by atoms with Crippen LogP contribution in [0.15, 0.2) is 65.6 Å². The highest BCUT2D eigenvalue weighted by molar-refractivity contribution is 7.92. The monoisotopic (exact) mass is 512 g/mol. The Kier molecular flexibility index (Phi) is 7.38. The summed E-state index contributed by atoms with van der Waals surface area (Å²) in [6, 6.07) is 17.2. The molecule has 0 heterocycles. The van der Waals surface area contributed by atoms with E-state index < -0.39 is 10.0 Å². The molecule has 0 saturated heterocycles. The van der Waals surface area contributed by atoms with E-state index in [1.165, 1.54) is 0 Å². The number of aryl methyl sites for hydroxylation is 3. The Labute approximate surface area is 211 Å². The van der Waals surface area contributed by atoms with Gasteiger partial charge in [-0.1, -0.05) is 35.4 Å². The van der Waals surface area contributed by atoms with Crippen LogP contribution in [0.5, 0.6) is 5.75 Å². The summed E-state index contributed by atoms with van der Waals surface area (Å²) in [5.74, 6) is 0.410. The summed E-state index contributed by atoms with van der Waals surface area (Å²) in [6.45, 7) is 3.32. The van der Waals surface area contributed by atoms with Gasteiger partial charge in [-0.3, -0.25) is 9.10 Å². The van der Waals surface area contributed by atoms with Crippen LogP contribution in [-0.4, -0.2) is 28.0 Å². The van der Waals surface area contributed by atoms with Crippen LogP contribution in [0.1, 0.15) is 41.1 Å². The summed E-state index contributed by atoms with van der Waals surface area (Å²) in [6.07, 6.45) is 2.62. The van der Waals surface area contributed by atoms with Crippen molar-refractivity contribution in [3.05, 3.63) is 87.9 Å². The Hall–Kier alpha value is -3.03. The lowest BCUT2D eigenvalue weighted by Crippen LogP contribution is -2.42. The second-order valence-corrected chi connectivity index (χ2v) is 11.1. The van der Waals surface area contributed by atoms with E-state index in [1.807, 2.05) is 25.1 Å². The molecule has 184 valence electrons. The van der Waals surface area contributed by atoms with Gasteiger partial charge in [0.15, 0.2) is 0 Å². The number of methoxy groups -OCH3 is 1. The molecule has 3 aromatic carbocycles. The molecule has 6 nitrogen and oxygen atoms in total. The van der Waals surface area contributed by atoms with E-state index in [9.17, 15) is 13.2 Å². The van der Waals surface area contributed by atoms with Crippen LogP contribution in [0.4, 0.5) is 5.69 Å². The van der Waals surface area contributed by atoms with Gasteiger partial charge in [-0.15, -0.1) is 0 Å². The molecule has 8 heteroatoms. The van der Waals surface area contributed by atoms with Crippen molar-refractivity contribution in [3.63, 3.8) is 0 Å². The van der Waals surface area contributed by atoms with E-state index in [1.54, 1.807) is 56.5 Å². The molecule has 0 bridgehead atoms. The zero-order valence-corrected chi connectivity index (χ0v) is 21.6. The SMILES string of the molecule is COc1ccc2c(c1)CCCC2NC(=O)CN(c1ccc(Cl)cc1C)S(=O)(=O)c1ccc(C)cc1. The van der Waals surface area contributed by atoms with Crippen molar-refractivity contribution in [2.45, 2.75) is 44.0 Å². The lowest BCUT2D eigenvalue weighted by molar-refractivity contribution is -0.120. The van der Waals surface area contributed by atoms with E-state index in [0.717, 1.165) is 46.0 Å². The molecular formula is C27H29ClN2O4S. The average Bonchev–Trinajstić information content (AvgIpc) is 2.83. The van der Waals surface area contributed by atoms with Gasteiger partial charge in [0.25, 0.3) is 10.0 Å². The fourth-order valence-corrected chi connectivity index (χ4v) is 6.19. The van der Waals surface area contributed by atoms with E-state index in [4.69, 9.17) is 16.3 Å². The van der Waals surface area contributed by atoms with E-state index in [-0.39, 0.29) is 23.4 Å². The molecular weight excluding hydrogens is 484 g/mol. The maximum atomic E-state index is 13.7. The van der Waals surface area contributed by atoms with Crippen LogP contribution in [-0.2, 0) is 21.2 Å². The van der Waals surface area contributed by atoms with Crippen LogP contribution >= 0.6 is 11.6 Å². The quantitative estimate of drug-likeness (QED) is 0.462. The normalized spacial score (nSPS) is 15.3. The highest BCUT2D eigenvalue weighted by atomic mass is 35.5. The number of sulfonamides is 1. The number of hydrogen-bond acceptors (Lipinski definition) is 4. The fourth-order valence-electron chi connectivity index (χ4n) is 4.47. The van der Waals surface area contributed by atoms with Crippen LogP contribution in [0.3, 0.4) is 0 Å². The lowest BCUT2D eigenvalue weighted by Gasteiger charge is -2.29. The van der Waals surface area contributed by atoms with Crippen molar-refractivity contribution in [2.75, 3.05) is 18.0 Å². The number of nitrogens with one attached hydrogen (secondary N) is 1. The second-order valence-electron chi connectivity index (χ2n) is 8.83. The summed E-state index contributed by atoms with van der Waals surface area (Å²) >= 11 is 6.12. The third-order valence-corrected chi connectivity index (χ3v) is 8.33. The molecule has 1 atom stereocenters. The Morgan fingerprint density at radius 3 is 2.51 bits per heavy atom. The molecule has 4 rings (SSSR count). The Morgan fingerprint density at radius 1 is 1.09 bits per heavy atom. The molecule has 0 saturated carbocycles. The van der Waals surface area contributed by atoms with Crippen molar-refractivity contribution in [2.24, 2.45) is 0 Å². The van der Waals surface area contributed by atoms with Crippen molar-refractivity contribution < 1.29 is 17.9 Å². The summed E-state index contributed by atoms with van der Waals surface area (Å²) in [7, 11) is -2.37. The topological polar surface area (TPSA) is 75.7 Å². The predicted octanol–water partition coefficient (Wildman–Crippen LogP) is 5.35. The highest BCUT2D eigenvalue weighted by Gasteiger charge is 2.30. The average molecular weight is 513 g/mol. The Morgan fingerprint density at radius 2 is 1.83 bits per heavy atom. The van der Waals surface area contributed by atoms with Gasteiger partial charge in [0.1, 0.15) is 12.3 Å². The van der Waals surface area contributed by atoms with Gasteiger partial charge in [0.05, 0.1) is 23.7 Å². The third-order valence-electron chi connectivity index (χ3n) is 6.32. The van der Waals surface area contributed by atoms with Crippen LogP contribution in [0.2, 0.25) is 5.02 Å². The number of carbonyl (C=O) groups is 1. The first kappa shape index (κ1) is 25.1. The fraction of sp³-hybridized carbons (Fsp3) is 0.296. The molecule has 0 aliphatic heterocycles. The molecule has 35 heavy (non-hydrogen) atoms. The van der Waals surface area contributed by atoms with E-state index in [2.05, 4.69) is 5.32 Å². The molecule has 1 aliphatic carbocycles. The van der Waals surface area contributed by atoms with Crippen molar-refractivity contribution in [1.29, 1.82) is 0 Å². The van der Waals surface area contributed by atoms with Gasteiger partial charge >= 0.3 is 0 Å². The molecule has 1 aliphatic rings. The van der Waals surface area contributed by atoms with Crippen LogP contribution < -0.4 is 14.4 Å². The Bertz CT molecular complexity index is 1340. The number of nitrogens with zero attached hydrogens (tertiary/aromatic N) is 1. The number of ether oxygens (including phenoxy) is 1. The first-order valence-corrected chi connectivity index (χ1v) is 13.3. The van der Waals surface area contributed by atoms with Crippen molar-refractivity contribution in [3.8, 4) is 5.75 Å². The number of carbonyl (C=O) groups excluding carboxylic acids is 1. The molecule has 0 spiro atoms. The number of halogens is 1. The van der Waals surface area contributed by atoms with Crippen molar-refractivity contribution in [1.82, 2.24) is 5.32 Å². The number of rotatable bonds is 7. The van der Waals surface area contributed by atoms with Gasteiger partial charge < -0.3 is 10.1 Å². The largest absolute Gasteiger partial charge is 0.497 e. The smallest absolute Gasteiger partial charge is 0.264 e. The number of hydrogen-bond donors (Lipinski definition) is 1. The van der Waals surface area contributed by atoms with Crippen LogP contribution in [0, 0.1) is 13.8 Å². The zero-order valence-electron chi connectivity index (χ0n) is 20.0. The van der Waals surface area contributed by atoms with Crippen LogP contribution in [0.25, 0.3) is 0 Å². The first-order valence-electron chi connectivity index (χ1n) is 11.5. The van der Waals surface area contributed by atoms with Gasteiger partial charge in [-0.25, -0.2) is 8.42 Å². The third kappa shape index (κ3) is 5.46. The lowest BCUT2D eigenvalue weighted by atomic mass is 9.87. The van der Waals surface area contributed by atoms with E-state index >= 15 is 0 Å². The highest BCUT2D eigenvalue weighted by Crippen LogP contribution is 2.33. The summed E-state index contributed by atoms with van der Waals surface area (Å²) in [5, 5.41) is 3.56. The molecule has 1 unspecified atom stereocenters. The minimum absolute atomic E-state index is 0.125. The van der Waals surface area contributed by atoms with Crippen molar-refractivity contribution >= 4 is 33.2 Å². The molecule has 1 N–H and O–H groups in total. The van der Waals surface area contributed by atoms with Gasteiger partial charge in [0.2, 0.25) is 5.91 Å². The molecule has 3 aromatic rings. The first-order chi connectivity index (χ1) is 16.7. The number of fused-ring (bicyclic) bond motifs is 1. The maximum Gasteiger partial charge on any atom is 0.264 e. The molecule has 0 radical (unpaired) electrons. The zero-order chi connectivity index (χ0) is 25.2. The molecule has 0 aromatic heterocycles. The van der Waals surface area contributed by atoms with Gasteiger partial charge in [-0.2, -0.15) is 0 Å². The number of anilines is 1. The molecule has 1 amide bonds. The van der Waals surface area contributed by atoms with E-state index in [0.29, 0.717) is 16.3 Å². The molecule has 0 fully saturated rings. The number of amides is 1. The summed E-state index contributed by atoms with van der Waals surface area (Å²) < 4.78 is 33.9. The Balaban J connectivity index is 1.64. The van der Waals surface area contributed by atoms with Gasteiger partial charge in [-0.05, 0) is 92.3 Å². The number of benzene rings is 3. The maximum absolute atomic E-state index is 13.7.